The van der Waals surface area contributed by atoms with Gasteiger partial charge in [-0.1, -0.05) is 16.9 Å². The third kappa shape index (κ3) is 3.32. The number of hydrogen-bond acceptors (Lipinski definition) is 5. The lowest BCUT2D eigenvalue weighted by Gasteiger charge is -2.11. The van der Waals surface area contributed by atoms with Crippen LogP contribution in [0.4, 0.5) is 4.79 Å². The molecule has 1 aliphatic heterocycles. The lowest BCUT2D eigenvalue weighted by molar-refractivity contribution is -0.118. The van der Waals surface area contributed by atoms with Gasteiger partial charge in [-0.2, -0.15) is 0 Å². The van der Waals surface area contributed by atoms with Gasteiger partial charge in [0.2, 0.25) is 5.91 Å². The Kier molecular flexibility index (Phi) is 3.56. The molecule has 1 heterocycles. The molecular weight excluding hydrogens is 194 g/mol. The topological polar surface area (TPSA) is 79.8 Å². The first-order valence-corrected chi connectivity index (χ1v) is 4.56. The molecule has 0 bridgehead atoms. The van der Waals surface area contributed by atoms with Crippen LogP contribution in [-0.4, -0.2) is 36.4 Å². The van der Waals surface area contributed by atoms with Gasteiger partial charge in [0.25, 0.3) is 0 Å². The van der Waals surface area contributed by atoms with E-state index in [1.54, 1.807) is 0 Å². The molecule has 0 aromatic carbocycles. The Labute approximate surface area is 79.1 Å². The fourth-order valence-electron chi connectivity index (χ4n) is 0.622. The van der Waals surface area contributed by atoms with Crippen molar-refractivity contribution in [2.45, 2.75) is 0 Å². The summed E-state index contributed by atoms with van der Waals surface area (Å²) in [4.78, 5) is 25.7. The summed E-state index contributed by atoms with van der Waals surface area (Å²) in [5, 5.41) is 8.95. The maximum absolute atomic E-state index is 10.7. The van der Waals surface area contributed by atoms with Crippen molar-refractivity contribution in [3.63, 3.8) is 0 Å². The van der Waals surface area contributed by atoms with E-state index in [-0.39, 0.29) is 5.91 Å². The Bertz CT molecular complexity index is 242. The Hall–Kier alpha value is -1.24. The number of amides is 2. The molecule has 0 aromatic heterocycles. The first kappa shape index (κ1) is 9.85. The lowest BCUT2D eigenvalue weighted by atomic mass is 10.6. The summed E-state index contributed by atoms with van der Waals surface area (Å²) < 4.78 is 0. The van der Waals surface area contributed by atoms with Crippen molar-refractivity contribution in [1.82, 2.24) is 10.6 Å². The zero-order valence-electron chi connectivity index (χ0n) is 6.99. The first-order valence-electron chi connectivity index (χ1n) is 3.57. The molecule has 6 nitrogen and oxygen atoms in total. The van der Waals surface area contributed by atoms with Crippen molar-refractivity contribution in [2.24, 2.45) is 5.16 Å². The largest absolute Gasteiger partial charge is 0.433 e. The molecule has 1 saturated heterocycles. The highest BCUT2D eigenvalue weighted by Gasteiger charge is 2.14. The van der Waals surface area contributed by atoms with Crippen LogP contribution in [0, 0.1) is 0 Å². The van der Waals surface area contributed by atoms with Crippen molar-refractivity contribution in [2.75, 3.05) is 19.3 Å². The molecule has 0 saturated carbocycles. The molecule has 1 rings (SSSR count). The summed E-state index contributed by atoms with van der Waals surface area (Å²) >= 11 is 1.26. The minimum atomic E-state index is -0.620. The normalized spacial score (nSPS) is 19.5. The van der Waals surface area contributed by atoms with Gasteiger partial charge in [-0.25, -0.2) is 4.79 Å². The van der Waals surface area contributed by atoms with Crippen LogP contribution in [0.15, 0.2) is 5.16 Å². The van der Waals surface area contributed by atoms with Crippen molar-refractivity contribution >= 4 is 28.8 Å². The van der Waals surface area contributed by atoms with Crippen molar-refractivity contribution in [3.8, 4) is 0 Å². The van der Waals surface area contributed by atoms with Crippen molar-refractivity contribution < 1.29 is 14.4 Å². The molecule has 0 aromatic rings. The van der Waals surface area contributed by atoms with Gasteiger partial charge in [0.15, 0.2) is 0 Å². The van der Waals surface area contributed by atoms with Crippen LogP contribution in [0.1, 0.15) is 0 Å². The van der Waals surface area contributed by atoms with Crippen LogP contribution in [-0.2, 0) is 9.63 Å². The molecule has 0 aliphatic carbocycles. The SMILES string of the molecule is CNC(=O)ON=C1CNC(=O)CS1. The average Bonchev–Trinajstić information content (AvgIpc) is 2.16. The van der Waals surface area contributed by atoms with Gasteiger partial charge < -0.3 is 10.6 Å². The molecule has 72 valence electrons. The zero-order valence-corrected chi connectivity index (χ0v) is 7.81. The van der Waals surface area contributed by atoms with Gasteiger partial charge in [-0.05, 0) is 0 Å². The lowest BCUT2D eigenvalue weighted by Crippen LogP contribution is -2.35. The molecule has 0 spiro atoms. The summed E-state index contributed by atoms with van der Waals surface area (Å²) in [6, 6.07) is 0. The van der Waals surface area contributed by atoms with Crippen LogP contribution in [0.5, 0.6) is 0 Å². The number of thioether (sulfide) groups is 1. The smallest absolute Gasteiger partial charge is 0.349 e. The second-order valence-corrected chi connectivity index (χ2v) is 3.23. The highest BCUT2D eigenvalue weighted by atomic mass is 32.2. The molecular formula is C6H9N3O3S. The molecule has 1 aliphatic rings. The number of oxime groups is 1. The predicted molar refractivity (Wildman–Crippen MR) is 48.4 cm³/mol. The summed E-state index contributed by atoms with van der Waals surface area (Å²) in [6.45, 7) is 0.320. The quantitative estimate of drug-likeness (QED) is 0.445. The first-order chi connectivity index (χ1) is 6.22. The van der Waals surface area contributed by atoms with E-state index in [1.807, 2.05) is 0 Å². The summed E-state index contributed by atoms with van der Waals surface area (Å²) in [5.41, 5.74) is 0. The van der Waals surface area contributed by atoms with Gasteiger partial charge in [0.05, 0.1) is 12.3 Å². The minimum Gasteiger partial charge on any atom is -0.349 e. The summed E-state index contributed by atoms with van der Waals surface area (Å²) in [7, 11) is 1.44. The Morgan fingerprint density at radius 3 is 3.08 bits per heavy atom. The number of hydrogen-bond donors (Lipinski definition) is 2. The van der Waals surface area contributed by atoms with Gasteiger partial charge >= 0.3 is 6.09 Å². The van der Waals surface area contributed by atoms with E-state index in [2.05, 4.69) is 20.6 Å². The number of nitrogens with zero attached hydrogens (tertiary/aromatic N) is 1. The highest BCUT2D eigenvalue weighted by molar-refractivity contribution is 8.14. The van der Waals surface area contributed by atoms with E-state index in [9.17, 15) is 9.59 Å². The minimum absolute atomic E-state index is 0.0381. The molecule has 0 radical (unpaired) electrons. The summed E-state index contributed by atoms with van der Waals surface area (Å²) in [6.07, 6.45) is -0.620. The second kappa shape index (κ2) is 4.70. The van der Waals surface area contributed by atoms with Gasteiger partial charge in [0, 0.05) is 7.05 Å². The van der Waals surface area contributed by atoms with Crippen molar-refractivity contribution in [1.29, 1.82) is 0 Å². The van der Waals surface area contributed by atoms with Crippen LogP contribution < -0.4 is 10.6 Å². The molecule has 13 heavy (non-hydrogen) atoms. The van der Waals surface area contributed by atoms with E-state index >= 15 is 0 Å². The number of carbonyl (C=O) groups is 2. The average molecular weight is 203 g/mol. The third-order valence-electron chi connectivity index (χ3n) is 1.24. The number of carbonyl (C=O) groups excluding carboxylic acids is 2. The van der Waals surface area contributed by atoms with Crippen LogP contribution in [0.3, 0.4) is 0 Å². The van der Waals surface area contributed by atoms with E-state index in [0.29, 0.717) is 17.3 Å². The number of nitrogens with one attached hydrogen (secondary N) is 2. The zero-order chi connectivity index (χ0) is 9.68. The van der Waals surface area contributed by atoms with Gasteiger partial charge in [-0.3, -0.25) is 9.63 Å². The maximum Gasteiger partial charge on any atom is 0.433 e. The van der Waals surface area contributed by atoms with E-state index < -0.39 is 6.09 Å². The summed E-state index contributed by atoms with van der Waals surface area (Å²) in [5.74, 6) is 0.277. The number of rotatable bonds is 1. The monoisotopic (exact) mass is 203 g/mol. The van der Waals surface area contributed by atoms with Crippen LogP contribution >= 0.6 is 11.8 Å². The Morgan fingerprint density at radius 1 is 1.77 bits per heavy atom. The molecule has 0 atom stereocenters. The van der Waals surface area contributed by atoms with E-state index in [1.165, 1.54) is 18.8 Å². The van der Waals surface area contributed by atoms with Crippen molar-refractivity contribution in [3.05, 3.63) is 0 Å². The van der Waals surface area contributed by atoms with Gasteiger partial charge in [-0.15, -0.1) is 0 Å². The Balaban J connectivity index is 2.35. The predicted octanol–water partition coefficient (Wildman–Crippen LogP) is -0.481. The standard InChI is InChI=1S/C6H9N3O3S/c1-7-6(11)12-9-5-2-8-4(10)3-13-5/h2-3H2,1H3,(H,7,11)(H,8,10). The molecule has 2 amide bonds. The molecule has 0 unspecified atom stereocenters. The van der Waals surface area contributed by atoms with Crippen LogP contribution in [0.2, 0.25) is 0 Å². The fraction of sp³-hybridized carbons (Fsp3) is 0.500. The molecule has 1 fully saturated rings. The fourth-order valence-corrected chi connectivity index (χ4v) is 1.29. The Morgan fingerprint density at radius 2 is 2.54 bits per heavy atom. The highest BCUT2D eigenvalue weighted by Crippen LogP contribution is 2.07. The van der Waals surface area contributed by atoms with Crippen LogP contribution in [0.25, 0.3) is 0 Å². The third-order valence-corrected chi connectivity index (χ3v) is 2.20. The van der Waals surface area contributed by atoms with Gasteiger partial charge in [0.1, 0.15) is 5.04 Å². The molecule has 7 heteroatoms. The second-order valence-electron chi connectivity index (χ2n) is 2.18. The molecule has 2 N–H and O–H groups in total. The van der Waals surface area contributed by atoms with E-state index in [0.717, 1.165) is 0 Å². The maximum atomic E-state index is 10.7. The van der Waals surface area contributed by atoms with E-state index in [4.69, 9.17) is 0 Å².